The first-order valence-corrected chi connectivity index (χ1v) is 4.45. The second-order valence-electron chi connectivity index (χ2n) is 2.76. The number of rotatable bonds is 5. The molecule has 0 saturated carbocycles. The van der Waals surface area contributed by atoms with Crippen molar-refractivity contribution in [2.45, 2.75) is 6.92 Å². The van der Waals surface area contributed by atoms with E-state index < -0.39 is 0 Å². The predicted molar refractivity (Wildman–Crippen MR) is 55.5 cm³/mol. The number of carbonyl (C=O) groups excluding carboxylic acids is 1. The van der Waals surface area contributed by atoms with Gasteiger partial charge in [0.1, 0.15) is 0 Å². The zero-order chi connectivity index (χ0) is 10.4. The van der Waals surface area contributed by atoms with Crippen LogP contribution in [-0.4, -0.2) is 29.3 Å². The van der Waals surface area contributed by atoms with Gasteiger partial charge < -0.3 is 4.90 Å². The SMILES string of the molecule is C=CCN(CC)c1ncc(C=O)cn1. The molecule has 0 unspecified atom stereocenters. The third kappa shape index (κ3) is 2.39. The second kappa shape index (κ2) is 5.11. The molecule has 0 N–H and O–H groups in total. The highest BCUT2D eigenvalue weighted by Gasteiger charge is 2.04. The normalized spacial score (nSPS) is 9.50. The van der Waals surface area contributed by atoms with Crippen molar-refractivity contribution in [2.75, 3.05) is 18.0 Å². The van der Waals surface area contributed by atoms with E-state index in [0.29, 0.717) is 18.1 Å². The van der Waals surface area contributed by atoms with Crippen LogP contribution in [-0.2, 0) is 0 Å². The van der Waals surface area contributed by atoms with E-state index in [1.165, 1.54) is 12.4 Å². The van der Waals surface area contributed by atoms with Crippen molar-refractivity contribution in [3.05, 3.63) is 30.6 Å². The van der Waals surface area contributed by atoms with E-state index in [2.05, 4.69) is 16.5 Å². The minimum Gasteiger partial charge on any atom is -0.337 e. The van der Waals surface area contributed by atoms with E-state index in [1.807, 2.05) is 11.8 Å². The molecule has 0 amide bonds. The summed E-state index contributed by atoms with van der Waals surface area (Å²) < 4.78 is 0. The van der Waals surface area contributed by atoms with Crippen LogP contribution in [0.2, 0.25) is 0 Å². The zero-order valence-electron chi connectivity index (χ0n) is 8.18. The summed E-state index contributed by atoms with van der Waals surface area (Å²) in [6, 6.07) is 0. The molecule has 1 rings (SSSR count). The molecule has 0 aliphatic rings. The van der Waals surface area contributed by atoms with Gasteiger partial charge in [-0.2, -0.15) is 0 Å². The third-order valence-electron chi connectivity index (χ3n) is 1.81. The Balaban J connectivity index is 2.82. The Bertz CT molecular complexity index is 308. The van der Waals surface area contributed by atoms with E-state index >= 15 is 0 Å². The molecule has 0 atom stereocenters. The van der Waals surface area contributed by atoms with Gasteiger partial charge in [0.25, 0.3) is 0 Å². The van der Waals surface area contributed by atoms with E-state index in [-0.39, 0.29) is 0 Å². The lowest BCUT2D eigenvalue weighted by Crippen LogP contribution is -2.24. The lowest BCUT2D eigenvalue weighted by atomic mass is 10.4. The van der Waals surface area contributed by atoms with Crippen molar-refractivity contribution in [1.82, 2.24) is 9.97 Å². The smallest absolute Gasteiger partial charge is 0.225 e. The number of hydrogen-bond acceptors (Lipinski definition) is 4. The average Bonchev–Trinajstić information content (AvgIpc) is 2.26. The van der Waals surface area contributed by atoms with Gasteiger partial charge in [0.05, 0.1) is 5.56 Å². The minimum absolute atomic E-state index is 0.489. The first kappa shape index (κ1) is 10.4. The maximum atomic E-state index is 10.4. The molecule has 0 saturated heterocycles. The van der Waals surface area contributed by atoms with Gasteiger partial charge in [-0.1, -0.05) is 6.08 Å². The first-order chi connectivity index (χ1) is 6.81. The van der Waals surface area contributed by atoms with Crippen LogP contribution in [0.15, 0.2) is 25.0 Å². The third-order valence-corrected chi connectivity index (χ3v) is 1.81. The van der Waals surface area contributed by atoms with Crippen molar-refractivity contribution in [3.63, 3.8) is 0 Å². The Hall–Kier alpha value is -1.71. The molecule has 1 heterocycles. The molecule has 1 aromatic heterocycles. The summed E-state index contributed by atoms with van der Waals surface area (Å²) in [5.41, 5.74) is 0.489. The van der Waals surface area contributed by atoms with Crippen molar-refractivity contribution >= 4 is 12.2 Å². The summed E-state index contributed by atoms with van der Waals surface area (Å²) in [5, 5.41) is 0. The van der Waals surface area contributed by atoms with Crippen LogP contribution in [0, 0.1) is 0 Å². The molecule has 14 heavy (non-hydrogen) atoms. The number of anilines is 1. The monoisotopic (exact) mass is 191 g/mol. The van der Waals surface area contributed by atoms with Gasteiger partial charge in [0, 0.05) is 25.5 Å². The van der Waals surface area contributed by atoms with E-state index in [9.17, 15) is 4.79 Å². The number of nitrogens with zero attached hydrogens (tertiary/aromatic N) is 3. The number of aldehydes is 1. The highest BCUT2D eigenvalue weighted by Crippen LogP contribution is 2.05. The van der Waals surface area contributed by atoms with Gasteiger partial charge in [-0.25, -0.2) is 9.97 Å². The molecule has 0 radical (unpaired) electrons. The Morgan fingerprint density at radius 3 is 2.57 bits per heavy atom. The van der Waals surface area contributed by atoms with Crippen LogP contribution in [0.3, 0.4) is 0 Å². The minimum atomic E-state index is 0.489. The topological polar surface area (TPSA) is 46.1 Å². The highest BCUT2D eigenvalue weighted by atomic mass is 16.1. The number of likely N-dealkylation sites (N-methyl/N-ethyl adjacent to an activating group) is 1. The molecular weight excluding hydrogens is 178 g/mol. The fraction of sp³-hybridized carbons (Fsp3) is 0.300. The summed E-state index contributed by atoms with van der Waals surface area (Å²) in [5.74, 6) is 0.623. The molecule has 1 aromatic rings. The molecular formula is C10H13N3O. The highest BCUT2D eigenvalue weighted by molar-refractivity contribution is 5.73. The van der Waals surface area contributed by atoms with Gasteiger partial charge in [-0.05, 0) is 6.92 Å². The number of carbonyl (C=O) groups is 1. The summed E-state index contributed by atoms with van der Waals surface area (Å²) in [4.78, 5) is 20.5. The molecule has 0 aliphatic carbocycles. The summed E-state index contributed by atoms with van der Waals surface area (Å²) in [6.45, 7) is 7.19. The number of hydrogen-bond donors (Lipinski definition) is 0. The van der Waals surface area contributed by atoms with Gasteiger partial charge >= 0.3 is 0 Å². The van der Waals surface area contributed by atoms with Crippen LogP contribution in [0.25, 0.3) is 0 Å². The molecule has 0 aliphatic heterocycles. The lowest BCUT2D eigenvalue weighted by Gasteiger charge is -2.17. The predicted octanol–water partition coefficient (Wildman–Crippen LogP) is 1.30. The summed E-state index contributed by atoms with van der Waals surface area (Å²) in [6.07, 6.45) is 5.55. The average molecular weight is 191 g/mol. The van der Waals surface area contributed by atoms with Crippen molar-refractivity contribution in [1.29, 1.82) is 0 Å². The molecule has 0 fully saturated rings. The largest absolute Gasteiger partial charge is 0.337 e. The Labute approximate surface area is 83.3 Å². The fourth-order valence-electron chi connectivity index (χ4n) is 1.06. The molecule has 4 heteroatoms. The number of aromatic nitrogens is 2. The quantitative estimate of drug-likeness (QED) is 0.520. The standard InChI is InChI=1S/C10H13N3O/c1-3-5-13(4-2)10-11-6-9(8-14)7-12-10/h3,6-8H,1,4-5H2,2H3. The summed E-state index contributed by atoms with van der Waals surface area (Å²) >= 11 is 0. The zero-order valence-corrected chi connectivity index (χ0v) is 8.18. The van der Waals surface area contributed by atoms with Crippen molar-refractivity contribution < 1.29 is 4.79 Å². The second-order valence-corrected chi connectivity index (χ2v) is 2.76. The van der Waals surface area contributed by atoms with Crippen molar-refractivity contribution in [2.24, 2.45) is 0 Å². The van der Waals surface area contributed by atoms with E-state index in [0.717, 1.165) is 12.8 Å². The molecule has 0 bridgehead atoms. The summed E-state index contributed by atoms with van der Waals surface area (Å²) in [7, 11) is 0. The van der Waals surface area contributed by atoms with E-state index in [1.54, 1.807) is 6.08 Å². The van der Waals surface area contributed by atoms with Gasteiger partial charge in [-0.3, -0.25) is 4.79 Å². The van der Waals surface area contributed by atoms with Crippen LogP contribution in [0.5, 0.6) is 0 Å². The lowest BCUT2D eigenvalue weighted by molar-refractivity contribution is 0.112. The maximum absolute atomic E-state index is 10.4. The Kier molecular flexibility index (Phi) is 3.79. The van der Waals surface area contributed by atoms with E-state index in [4.69, 9.17) is 0 Å². The van der Waals surface area contributed by atoms with Crippen molar-refractivity contribution in [3.8, 4) is 0 Å². The van der Waals surface area contributed by atoms with Crippen LogP contribution < -0.4 is 4.90 Å². The Morgan fingerprint density at radius 1 is 1.50 bits per heavy atom. The maximum Gasteiger partial charge on any atom is 0.225 e. The van der Waals surface area contributed by atoms with Crippen LogP contribution >= 0.6 is 0 Å². The molecule has 0 aromatic carbocycles. The Morgan fingerprint density at radius 2 is 2.14 bits per heavy atom. The molecule has 74 valence electrons. The van der Waals surface area contributed by atoms with Gasteiger partial charge in [-0.15, -0.1) is 6.58 Å². The van der Waals surface area contributed by atoms with Crippen LogP contribution in [0.1, 0.15) is 17.3 Å². The molecule has 0 spiro atoms. The molecule has 4 nitrogen and oxygen atoms in total. The fourth-order valence-corrected chi connectivity index (χ4v) is 1.06. The van der Waals surface area contributed by atoms with Gasteiger partial charge in [0.15, 0.2) is 6.29 Å². The van der Waals surface area contributed by atoms with Crippen LogP contribution in [0.4, 0.5) is 5.95 Å². The van der Waals surface area contributed by atoms with Gasteiger partial charge in [0.2, 0.25) is 5.95 Å². The first-order valence-electron chi connectivity index (χ1n) is 4.45.